The number of nitrogen functional groups attached to an aromatic ring is 1. The van der Waals surface area contributed by atoms with Gasteiger partial charge in [-0.15, -0.1) is 0 Å². The van der Waals surface area contributed by atoms with E-state index in [1.807, 2.05) is 0 Å². The van der Waals surface area contributed by atoms with Gasteiger partial charge in [0, 0.05) is 18.2 Å². The van der Waals surface area contributed by atoms with Gasteiger partial charge in [-0.3, -0.25) is 10.1 Å². The van der Waals surface area contributed by atoms with E-state index in [2.05, 4.69) is 5.32 Å². The Labute approximate surface area is 127 Å². The van der Waals surface area contributed by atoms with Crippen LogP contribution in [0.15, 0.2) is 18.2 Å². The summed E-state index contributed by atoms with van der Waals surface area (Å²) in [5.41, 5.74) is 4.48. The molecule has 8 heteroatoms. The standard InChI is InChI=1S/C14H18FN3O4/c1-14(2,3)22-13(19)17-6-4-5-9-7-10(18(20)21)8-11(15)12(9)16/h4-5,7-8H,6,16H2,1-3H3,(H,17,19). The molecule has 0 unspecified atom stereocenters. The number of carbonyl (C=O) groups excluding carboxylic acids is 1. The summed E-state index contributed by atoms with van der Waals surface area (Å²) in [6.07, 6.45) is 2.28. The minimum absolute atomic E-state index is 0.110. The van der Waals surface area contributed by atoms with Crippen LogP contribution in [0.2, 0.25) is 0 Å². The van der Waals surface area contributed by atoms with Crippen LogP contribution in [-0.2, 0) is 4.74 Å². The molecule has 0 aliphatic heterocycles. The van der Waals surface area contributed by atoms with Crippen molar-refractivity contribution in [2.24, 2.45) is 0 Å². The molecule has 1 aromatic rings. The van der Waals surface area contributed by atoms with E-state index >= 15 is 0 Å². The summed E-state index contributed by atoms with van der Waals surface area (Å²) in [7, 11) is 0. The topological polar surface area (TPSA) is 107 Å². The highest BCUT2D eigenvalue weighted by atomic mass is 19.1. The number of halogens is 1. The number of rotatable bonds is 4. The fraction of sp³-hybridized carbons (Fsp3) is 0.357. The minimum Gasteiger partial charge on any atom is -0.444 e. The lowest BCUT2D eigenvalue weighted by atomic mass is 10.1. The number of ether oxygens (including phenoxy) is 1. The average Bonchev–Trinajstić information content (AvgIpc) is 2.36. The second-order valence-corrected chi connectivity index (χ2v) is 5.47. The number of hydrogen-bond donors (Lipinski definition) is 2. The van der Waals surface area contributed by atoms with Crippen LogP contribution in [-0.4, -0.2) is 23.2 Å². The van der Waals surface area contributed by atoms with Crippen molar-refractivity contribution < 1.29 is 18.8 Å². The fourth-order valence-electron chi connectivity index (χ4n) is 1.51. The molecule has 0 saturated heterocycles. The Hall–Kier alpha value is -2.64. The van der Waals surface area contributed by atoms with E-state index in [0.717, 1.165) is 12.1 Å². The first-order valence-corrected chi connectivity index (χ1v) is 6.47. The molecule has 0 bridgehead atoms. The van der Waals surface area contributed by atoms with E-state index in [0.29, 0.717) is 0 Å². The average molecular weight is 311 g/mol. The van der Waals surface area contributed by atoms with E-state index in [9.17, 15) is 19.3 Å². The third-order valence-corrected chi connectivity index (χ3v) is 2.42. The Balaban J connectivity index is 2.71. The first kappa shape index (κ1) is 17.4. The monoisotopic (exact) mass is 311 g/mol. The van der Waals surface area contributed by atoms with Crippen molar-refractivity contribution in [2.45, 2.75) is 26.4 Å². The highest BCUT2D eigenvalue weighted by Crippen LogP contribution is 2.24. The predicted molar refractivity (Wildman–Crippen MR) is 80.7 cm³/mol. The molecule has 0 saturated carbocycles. The molecule has 0 spiro atoms. The molecule has 1 amide bonds. The molecule has 3 N–H and O–H groups in total. The summed E-state index contributed by atoms with van der Waals surface area (Å²) in [4.78, 5) is 21.4. The summed E-state index contributed by atoms with van der Waals surface area (Å²) in [6, 6.07) is 1.91. The number of hydrogen-bond acceptors (Lipinski definition) is 5. The highest BCUT2D eigenvalue weighted by Gasteiger charge is 2.15. The van der Waals surface area contributed by atoms with E-state index in [1.165, 1.54) is 12.2 Å². The molecular formula is C14H18FN3O4. The maximum atomic E-state index is 13.5. The zero-order chi connectivity index (χ0) is 16.9. The van der Waals surface area contributed by atoms with Gasteiger partial charge in [-0.05, 0) is 20.8 Å². The van der Waals surface area contributed by atoms with Gasteiger partial charge >= 0.3 is 6.09 Å². The highest BCUT2D eigenvalue weighted by molar-refractivity contribution is 5.70. The van der Waals surface area contributed by atoms with E-state index < -0.39 is 28.1 Å². The SMILES string of the molecule is CC(C)(C)OC(=O)NCC=Cc1cc([N+](=O)[O-])cc(F)c1N. The first-order valence-electron chi connectivity index (χ1n) is 6.47. The smallest absolute Gasteiger partial charge is 0.407 e. The van der Waals surface area contributed by atoms with Crippen LogP contribution < -0.4 is 11.1 Å². The second-order valence-electron chi connectivity index (χ2n) is 5.47. The van der Waals surface area contributed by atoms with Gasteiger partial charge < -0.3 is 15.8 Å². The summed E-state index contributed by atoms with van der Waals surface area (Å²) < 4.78 is 18.5. The van der Waals surface area contributed by atoms with Gasteiger partial charge in [-0.25, -0.2) is 9.18 Å². The van der Waals surface area contributed by atoms with Crippen molar-refractivity contribution in [3.05, 3.63) is 39.7 Å². The van der Waals surface area contributed by atoms with Crippen LogP contribution in [0.3, 0.4) is 0 Å². The Kier molecular flexibility index (Phi) is 5.44. The lowest BCUT2D eigenvalue weighted by Gasteiger charge is -2.19. The Morgan fingerprint density at radius 1 is 1.50 bits per heavy atom. The van der Waals surface area contributed by atoms with Crippen LogP contribution in [0.1, 0.15) is 26.3 Å². The zero-order valence-corrected chi connectivity index (χ0v) is 12.6. The van der Waals surface area contributed by atoms with Gasteiger partial charge in [0.1, 0.15) is 5.60 Å². The number of nitrogens with zero attached hydrogens (tertiary/aromatic N) is 1. The van der Waals surface area contributed by atoms with Crippen LogP contribution in [0.5, 0.6) is 0 Å². The van der Waals surface area contributed by atoms with Crippen molar-refractivity contribution in [3.63, 3.8) is 0 Å². The lowest BCUT2D eigenvalue weighted by Crippen LogP contribution is -2.32. The maximum absolute atomic E-state index is 13.5. The van der Waals surface area contributed by atoms with E-state index in [4.69, 9.17) is 10.5 Å². The second kappa shape index (κ2) is 6.88. The lowest BCUT2D eigenvalue weighted by molar-refractivity contribution is -0.385. The van der Waals surface area contributed by atoms with Crippen molar-refractivity contribution >= 4 is 23.5 Å². The van der Waals surface area contributed by atoms with Crippen molar-refractivity contribution in [1.29, 1.82) is 0 Å². The molecule has 0 aromatic heterocycles. The molecule has 0 fully saturated rings. The number of anilines is 1. The quantitative estimate of drug-likeness (QED) is 0.505. The van der Waals surface area contributed by atoms with Crippen molar-refractivity contribution in [2.75, 3.05) is 12.3 Å². The number of amides is 1. The van der Waals surface area contributed by atoms with Gasteiger partial charge in [0.2, 0.25) is 0 Å². The largest absolute Gasteiger partial charge is 0.444 e. The molecule has 1 aromatic carbocycles. The Morgan fingerprint density at radius 3 is 2.68 bits per heavy atom. The van der Waals surface area contributed by atoms with Gasteiger partial charge in [0.15, 0.2) is 5.82 Å². The third kappa shape index (κ3) is 5.39. The third-order valence-electron chi connectivity index (χ3n) is 2.42. The Bertz CT molecular complexity index is 609. The molecule has 120 valence electrons. The number of alkyl carbamates (subject to hydrolysis) is 1. The van der Waals surface area contributed by atoms with Crippen LogP contribution >= 0.6 is 0 Å². The normalized spacial score (nSPS) is 11.5. The number of benzene rings is 1. The summed E-state index contributed by atoms with van der Waals surface area (Å²) in [5.74, 6) is -0.867. The molecule has 7 nitrogen and oxygen atoms in total. The number of carbonyl (C=O) groups is 1. The van der Waals surface area contributed by atoms with Crippen molar-refractivity contribution in [1.82, 2.24) is 5.32 Å². The summed E-state index contributed by atoms with van der Waals surface area (Å²) in [6.45, 7) is 5.30. The molecule has 0 heterocycles. The zero-order valence-electron chi connectivity index (χ0n) is 12.6. The number of nitro groups is 1. The number of nitrogens with one attached hydrogen (secondary N) is 1. The molecule has 0 aliphatic carbocycles. The van der Waals surface area contributed by atoms with Crippen LogP contribution in [0.4, 0.5) is 20.6 Å². The Morgan fingerprint density at radius 2 is 2.14 bits per heavy atom. The van der Waals surface area contributed by atoms with Gasteiger partial charge in [0.05, 0.1) is 16.7 Å². The van der Waals surface area contributed by atoms with Crippen molar-refractivity contribution in [3.8, 4) is 0 Å². The summed E-state index contributed by atoms with van der Waals surface area (Å²) >= 11 is 0. The molecule has 0 atom stereocenters. The fourth-order valence-corrected chi connectivity index (χ4v) is 1.51. The minimum atomic E-state index is -0.867. The number of nitro benzene ring substituents is 1. The van der Waals surface area contributed by atoms with Gasteiger partial charge in [-0.2, -0.15) is 0 Å². The molecular weight excluding hydrogens is 293 g/mol. The summed E-state index contributed by atoms with van der Waals surface area (Å²) in [5, 5.41) is 13.1. The van der Waals surface area contributed by atoms with E-state index in [1.54, 1.807) is 20.8 Å². The van der Waals surface area contributed by atoms with Gasteiger partial charge in [0.25, 0.3) is 5.69 Å². The van der Waals surface area contributed by atoms with Crippen LogP contribution in [0.25, 0.3) is 6.08 Å². The maximum Gasteiger partial charge on any atom is 0.407 e. The van der Waals surface area contributed by atoms with E-state index in [-0.39, 0.29) is 17.8 Å². The predicted octanol–water partition coefficient (Wildman–Crippen LogP) is 2.85. The first-order chi connectivity index (χ1) is 10.1. The van der Waals surface area contributed by atoms with Gasteiger partial charge in [-0.1, -0.05) is 12.2 Å². The molecule has 0 aliphatic rings. The molecule has 0 radical (unpaired) electrons. The number of nitrogens with two attached hydrogens (primary N) is 1. The molecule has 22 heavy (non-hydrogen) atoms. The molecule has 1 rings (SSSR count). The number of non-ortho nitro benzene ring substituents is 1. The van der Waals surface area contributed by atoms with Crippen LogP contribution in [0, 0.1) is 15.9 Å².